The molecule has 0 saturated heterocycles. The van der Waals surface area contributed by atoms with Crippen molar-refractivity contribution in [2.75, 3.05) is 6.54 Å². The molecule has 0 fully saturated rings. The molecule has 118 valence electrons. The molecule has 2 aromatic rings. The Labute approximate surface area is 133 Å². The summed E-state index contributed by atoms with van der Waals surface area (Å²) < 4.78 is 13.0. The molecular formula is C17H16FN3O2. The van der Waals surface area contributed by atoms with Crippen LogP contribution in [0.25, 0.3) is 0 Å². The quantitative estimate of drug-likeness (QED) is 0.655. The van der Waals surface area contributed by atoms with Crippen molar-refractivity contribution in [2.24, 2.45) is 5.10 Å². The number of nitrogens with one attached hydrogen (secondary N) is 2. The van der Waals surface area contributed by atoms with Crippen molar-refractivity contribution < 1.29 is 14.0 Å². The van der Waals surface area contributed by atoms with E-state index in [-0.39, 0.29) is 12.1 Å². The Morgan fingerprint density at radius 1 is 1.17 bits per heavy atom. The molecule has 0 atom stereocenters. The molecule has 0 radical (unpaired) electrons. The van der Waals surface area contributed by atoms with E-state index in [1.165, 1.54) is 24.4 Å². The second-order valence-electron chi connectivity index (χ2n) is 4.90. The van der Waals surface area contributed by atoms with Gasteiger partial charge in [0.1, 0.15) is 5.82 Å². The van der Waals surface area contributed by atoms with Gasteiger partial charge in [-0.05, 0) is 30.7 Å². The number of hydrazone groups is 1. The Hall–Kier alpha value is -3.02. The Balaban J connectivity index is 1.78. The van der Waals surface area contributed by atoms with Gasteiger partial charge in [0.15, 0.2) is 0 Å². The lowest BCUT2D eigenvalue weighted by molar-refractivity contribution is -0.120. The summed E-state index contributed by atoms with van der Waals surface area (Å²) in [4.78, 5) is 23.3. The lowest BCUT2D eigenvalue weighted by Crippen LogP contribution is -2.34. The van der Waals surface area contributed by atoms with Crippen molar-refractivity contribution in [1.82, 2.24) is 10.7 Å². The molecule has 0 saturated carbocycles. The van der Waals surface area contributed by atoms with E-state index in [4.69, 9.17) is 0 Å². The molecule has 0 aliphatic heterocycles. The maximum Gasteiger partial charge on any atom is 0.259 e. The van der Waals surface area contributed by atoms with E-state index in [1.54, 1.807) is 0 Å². The molecule has 5 nitrogen and oxygen atoms in total. The third kappa shape index (κ3) is 5.35. The molecule has 2 rings (SSSR count). The first-order valence-corrected chi connectivity index (χ1v) is 6.97. The zero-order chi connectivity index (χ0) is 16.7. The van der Waals surface area contributed by atoms with E-state index in [0.29, 0.717) is 0 Å². The van der Waals surface area contributed by atoms with Crippen molar-refractivity contribution in [3.05, 3.63) is 71.0 Å². The summed E-state index contributed by atoms with van der Waals surface area (Å²) in [7, 11) is 0. The first kappa shape index (κ1) is 16.4. The highest BCUT2D eigenvalue weighted by Gasteiger charge is 2.08. The Bertz CT molecular complexity index is 727. The normalized spacial score (nSPS) is 10.5. The van der Waals surface area contributed by atoms with Crippen molar-refractivity contribution in [3.63, 3.8) is 0 Å². The lowest BCUT2D eigenvalue weighted by atomic mass is 10.2. The highest BCUT2D eigenvalue weighted by atomic mass is 19.1. The third-order valence-corrected chi connectivity index (χ3v) is 2.98. The van der Waals surface area contributed by atoms with Crippen molar-refractivity contribution in [1.29, 1.82) is 0 Å². The Kier molecular flexibility index (Phi) is 5.57. The Morgan fingerprint density at radius 2 is 1.91 bits per heavy atom. The molecule has 0 spiro atoms. The van der Waals surface area contributed by atoms with Crippen molar-refractivity contribution >= 4 is 18.0 Å². The summed E-state index contributed by atoms with van der Waals surface area (Å²) in [5.41, 5.74) is 4.44. The maximum atomic E-state index is 13.0. The number of amides is 2. The number of hydrogen-bond donors (Lipinski definition) is 2. The lowest BCUT2D eigenvalue weighted by Gasteiger charge is -2.04. The Morgan fingerprint density at radius 3 is 2.61 bits per heavy atom. The summed E-state index contributed by atoms with van der Waals surface area (Å²) in [5.74, 6) is -1.51. The summed E-state index contributed by atoms with van der Waals surface area (Å²) >= 11 is 0. The van der Waals surface area contributed by atoms with Gasteiger partial charge in [0, 0.05) is 5.56 Å². The average Bonchev–Trinajstić information content (AvgIpc) is 2.54. The number of hydrogen-bond acceptors (Lipinski definition) is 3. The standard InChI is InChI=1S/C17H16FN3O2/c1-12-5-7-13(8-6-12)10-20-21-16(22)11-19-17(23)14-3-2-4-15(18)9-14/h2-10H,11H2,1H3,(H,19,23)(H,21,22). The van der Waals surface area contributed by atoms with Crippen LogP contribution in [0.3, 0.4) is 0 Å². The smallest absolute Gasteiger partial charge is 0.259 e. The second-order valence-corrected chi connectivity index (χ2v) is 4.90. The monoisotopic (exact) mass is 313 g/mol. The van der Waals surface area contributed by atoms with E-state index >= 15 is 0 Å². The largest absolute Gasteiger partial charge is 0.343 e. The van der Waals surface area contributed by atoms with Gasteiger partial charge in [0.2, 0.25) is 0 Å². The van der Waals surface area contributed by atoms with Crippen molar-refractivity contribution in [2.45, 2.75) is 6.92 Å². The number of aryl methyl sites for hydroxylation is 1. The van der Waals surface area contributed by atoms with Gasteiger partial charge in [-0.2, -0.15) is 5.10 Å². The van der Waals surface area contributed by atoms with E-state index in [2.05, 4.69) is 15.8 Å². The molecule has 2 amide bonds. The SMILES string of the molecule is Cc1ccc(C=NNC(=O)CNC(=O)c2cccc(F)c2)cc1. The van der Waals surface area contributed by atoms with Gasteiger partial charge >= 0.3 is 0 Å². The van der Waals surface area contributed by atoms with Gasteiger partial charge in [-0.3, -0.25) is 9.59 Å². The van der Waals surface area contributed by atoms with Crippen LogP contribution < -0.4 is 10.7 Å². The first-order chi connectivity index (χ1) is 11.0. The number of carbonyl (C=O) groups excluding carboxylic acids is 2. The van der Waals surface area contributed by atoms with Gasteiger partial charge in [-0.1, -0.05) is 35.9 Å². The predicted molar refractivity (Wildman–Crippen MR) is 85.6 cm³/mol. The first-order valence-electron chi connectivity index (χ1n) is 6.97. The molecule has 0 bridgehead atoms. The van der Waals surface area contributed by atoms with Crippen LogP contribution in [0.5, 0.6) is 0 Å². The highest BCUT2D eigenvalue weighted by molar-refractivity contribution is 5.96. The van der Waals surface area contributed by atoms with Gasteiger partial charge in [0.25, 0.3) is 11.8 Å². The summed E-state index contributed by atoms with van der Waals surface area (Å²) in [6, 6.07) is 12.8. The van der Waals surface area contributed by atoms with E-state index in [1.807, 2.05) is 31.2 Å². The molecule has 0 aliphatic rings. The van der Waals surface area contributed by atoms with Gasteiger partial charge in [-0.15, -0.1) is 0 Å². The molecule has 0 aliphatic carbocycles. The minimum Gasteiger partial charge on any atom is -0.343 e. The minimum absolute atomic E-state index is 0.154. The second kappa shape index (κ2) is 7.84. The van der Waals surface area contributed by atoms with Crippen LogP contribution in [0.2, 0.25) is 0 Å². The summed E-state index contributed by atoms with van der Waals surface area (Å²) in [5, 5.41) is 6.19. The fraction of sp³-hybridized carbons (Fsp3) is 0.118. The molecule has 0 unspecified atom stereocenters. The maximum absolute atomic E-state index is 13.0. The van der Waals surface area contributed by atoms with Crippen LogP contribution in [-0.4, -0.2) is 24.6 Å². The molecule has 0 aromatic heterocycles. The summed E-state index contributed by atoms with van der Waals surface area (Å²) in [6.07, 6.45) is 1.51. The number of halogens is 1. The molecule has 23 heavy (non-hydrogen) atoms. The fourth-order valence-electron chi connectivity index (χ4n) is 1.76. The predicted octanol–water partition coefficient (Wildman–Crippen LogP) is 2.01. The number of carbonyl (C=O) groups is 2. The van der Waals surface area contributed by atoms with Crippen LogP contribution in [0, 0.1) is 12.7 Å². The number of benzene rings is 2. The zero-order valence-corrected chi connectivity index (χ0v) is 12.5. The van der Waals surface area contributed by atoms with Crippen LogP contribution in [0.4, 0.5) is 4.39 Å². The molecule has 6 heteroatoms. The van der Waals surface area contributed by atoms with Crippen LogP contribution in [0.1, 0.15) is 21.5 Å². The van der Waals surface area contributed by atoms with E-state index in [9.17, 15) is 14.0 Å². The highest BCUT2D eigenvalue weighted by Crippen LogP contribution is 2.03. The zero-order valence-electron chi connectivity index (χ0n) is 12.5. The fourth-order valence-corrected chi connectivity index (χ4v) is 1.76. The van der Waals surface area contributed by atoms with Crippen LogP contribution in [0.15, 0.2) is 53.6 Å². The number of nitrogens with zero attached hydrogens (tertiary/aromatic N) is 1. The molecule has 2 N–H and O–H groups in total. The minimum atomic E-state index is -0.526. The van der Waals surface area contributed by atoms with Gasteiger partial charge in [-0.25, -0.2) is 9.82 Å². The topological polar surface area (TPSA) is 70.6 Å². The van der Waals surface area contributed by atoms with E-state index < -0.39 is 17.6 Å². The molecule has 0 heterocycles. The summed E-state index contributed by atoms with van der Waals surface area (Å²) in [6.45, 7) is 1.73. The van der Waals surface area contributed by atoms with Crippen LogP contribution >= 0.6 is 0 Å². The third-order valence-electron chi connectivity index (χ3n) is 2.98. The molecular weight excluding hydrogens is 297 g/mol. The van der Waals surface area contributed by atoms with Gasteiger partial charge in [0.05, 0.1) is 12.8 Å². The van der Waals surface area contributed by atoms with Crippen LogP contribution in [-0.2, 0) is 4.79 Å². The average molecular weight is 313 g/mol. The van der Waals surface area contributed by atoms with Crippen molar-refractivity contribution in [3.8, 4) is 0 Å². The number of rotatable bonds is 5. The van der Waals surface area contributed by atoms with Gasteiger partial charge < -0.3 is 5.32 Å². The van der Waals surface area contributed by atoms with E-state index in [0.717, 1.165) is 17.2 Å². The molecule has 2 aromatic carbocycles.